The molecule has 2 aromatic rings. The Balaban J connectivity index is 1.78. The van der Waals surface area contributed by atoms with Crippen LogP contribution in [-0.4, -0.2) is 23.9 Å². The molecule has 4 nitrogen and oxygen atoms in total. The Kier molecular flexibility index (Phi) is 4.29. The van der Waals surface area contributed by atoms with Crippen LogP contribution >= 0.6 is 0 Å². The molecule has 0 amide bonds. The summed E-state index contributed by atoms with van der Waals surface area (Å²) in [5.74, 6) is 1.32. The first-order valence-corrected chi connectivity index (χ1v) is 11.9. The van der Waals surface area contributed by atoms with Gasteiger partial charge in [0.15, 0.2) is 11.7 Å². The summed E-state index contributed by atoms with van der Waals surface area (Å²) in [6.07, 6.45) is 1.18. The number of benzene rings is 2. The van der Waals surface area contributed by atoms with Crippen molar-refractivity contribution in [3.05, 3.63) is 59.2 Å². The molecule has 1 aliphatic carbocycles. The van der Waals surface area contributed by atoms with Crippen molar-refractivity contribution in [2.75, 3.05) is 9.80 Å². The summed E-state index contributed by atoms with van der Waals surface area (Å²) in [5.41, 5.74) is 6.48. The number of amidine groups is 2. The van der Waals surface area contributed by atoms with Crippen LogP contribution in [-0.2, 0) is 10.8 Å². The Hall–Kier alpha value is -2.62. The monoisotopic (exact) mass is 428 g/mol. The third-order valence-corrected chi connectivity index (χ3v) is 8.07. The molecule has 0 aromatic heterocycles. The summed E-state index contributed by atoms with van der Waals surface area (Å²) >= 11 is 0. The number of hydrogen-bond donors (Lipinski definition) is 1. The number of para-hydroxylation sites is 1. The van der Waals surface area contributed by atoms with Gasteiger partial charge in [-0.3, -0.25) is 10.4 Å². The fourth-order valence-corrected chi connectivity index (χ4v) is 5.98. The van der Waals surface area contributed by atoms with Crippen LogP contribution in [0.2, 0.25) is 0 Å². The molecule has 4 heteroatoms. The largest absolute Gasteiger partial charge is 0.301 e. The predicted octanol–water partition coefficient (Wildman–Crippen LogP) is 6.41. The van der Waals surface area contributed by atoms with Gasteiger partial charge in [-0.1, -0.05) is 65.0 Å². The maximum atomic E-state index is 9.34. The van der Waals surface area contributed by atoms with Gasteiger partial charge in [-0.05, 0) is 61.4 Å². The molecule has 168 valence electrons. The first kappa shape index (κ1) is 21.2. The van der Waals surface area contributed by atoms with Crippen LogP contribution in [0.5, 0.6) is 0 Å². The Morgan fingerprint density at radius 1 is 1.03 bits per heavy atom. The molecular formula is C28H36N4. The number of rotatable bonds is 2. The van der Waals surface area contributed by atoms with Gasteiger partial charge in [0.25, 0.3) is 0 Å². The summed E-state index contributed by atoms with van der Waals surface area (Å²) in [7, 11) is 0. The number of aliphatic imine (C=N–C) groups is 1. The van der Waals surface area contributed by atoms with Gasteiger partial charge in [-0.15, -0.1) is 0 Å². The van der Waals surface area contributed by atoms with E-state index in [2.05, 4.69) is 108 Å². The Bertz CT molecular complexity index is 1150. The Labute approximate surface area is 192 Å². The lowest BCUT2D eigenvalue weighted by atomic mass is 9.78. The van der Waals surface area contributed by atoms with Crippen LogP contribution in [0.25, 0.3) is 0 Å². The lowest BCUT2D eigenvalue weighted by molar-refractivity contribution is 0.377. The van der Waals surface area contributed by atoms with Crippen molar-refractivity contribution in [3.63, 3.8) is 0 Å². The van der Waals surface area contributed by atoms with E-state index < -0.39 is 0 Å². The molecule has 2 fully saturated rings. The number of hydrogen-bond acceptors (Lipinski definition) is 2. The van der Waals surface area contributed by atoms with Gasteiger partial charge in [0, 0.05) is 28.2 Å². The highest BCUT2D eigenvalue weighted by molar-refractivity contribution is 6.52. The van der Waals surface area contributed by atoms with E-state index in [1.54, 1.807) is 0 Å². The first-order valence-electron chi connectivity index (χ1n) is 11.9. The zero-order chi connectivity index (χ0) is 23.2. The van der Waals surface area contributed by atoms with E-state index in [4.69, 9.17) is 4.99 Å². The lowest BCUT2D eigenvalue weighted by Crippen LogP contribution is -2.51. The molecule has 2 aromatic carbocycles. The van der Waals surface area contributed by atoms with Gasteiger partial charge in [-0.2, -0.15) is 0 Å². The normalized spacial score (nSPS) is 30.0. The number of nitrogens with zero attached hydrogens (tertiary/aromatic N) is 3. The average Bonchev–Trinajstić information content (AvgIpc) is 3.18. The van der Waals surface area contributed by atoms with Crippen molar-refractivity contribution in [2.45, 2.75) is 84.8 Å². The highest BCUT2D eigenvalue weighted by Gasteiger charge is 2.74. The van der Waals surface area contributed by atoms with Crippen LogP contribution in [0.3, 0.4) is 0 Å². The molecule has 3 unspecified atom stereocenters. The Morgan fingerprint density at radius 3 is 2.34 bits per heavy atom. The maximum absolute atomic E-state index is 9.34. The molecule has 2 heterocycles. The second-order valence-corrected chi connectivity index (χ2v) is 11.7. The fraction of sp³-hybridized carbons (Fsp3) is 0.500. The third-order valence-electron chi connectivity index (χ3n) is 8.07. The summed E-state index contributed by atoms with van der Waals surface area (Å²) in [6.45, 7) is 18.0. The zero-order valence-corrected chi connectivity index (χ0v) is 20.7. The summed E-state index contributed by atoms with van der Waals surface area (Å²) < 4.78 is 0. The van der Waals surface area contributed by atoms with Crippen LogP contribution < -0.4 is 9.80 Å². The van der Waals surface area contributed by atoms with Crippen molar-refractivity contribution < 1.29 is 0 Å². The molecule has 3 atom stereocenters. The summed E-state index contributed by atoms with van der Waals surface area (Å²) in [5, 5.41) is 9.34. The van der Waals surface area contributed by atoms with Crippen LogP contribution in [0, 0.1) is 17.7 Å². The highest BCUT2D eigenvalue weighted by Crippen LogP contribution is 2.72. The van der Waals surface area contributed by atoms with Gasteiger partial charge in [0.1, 0.15) is 6.17 Å². The second-order valence-electron chi connectivity index (χ2n) is 11.7. The number of anilines is 2. The minimum atomic E-state index is 0.0477. The average molecular weight is 429 g/mol. The van der Waals surface area contributed by atoms with Crippen molar-refractivity contribution in [1.82, 2.24) is 0 Å². The highest BCUT2D eigenvalue weighted by atomic mass is 15.5. The third kappa shape index (κ3) is 2.68. The summed E-state index contributed by atoms with van der Waals surface area (Å²) in [6, 6.07) is 15.6. The molecule has 0 spiro atoms. The van der Waals surface area contributed by atoms with Crippen molar-refractivity contribution >= 4 is 23.0 Å². The van der Waals surface area contributed by atoms with Gasteiger partial charge in [-0.25, -0.2) is 0 Å². The smallest absolute Gasteiger partial charge is 0.173 e. The molecule has 0 radical (unpaired) electrons. The van der Waals surface area contributed by atoms with E-state index in [1.807, 2.05) is 0 Å². The molecule has 1 saturated heterocycles. The van der Waals surface area contributed by atoms with E-state index in [0.717, 1.165) is 17.9 Å². The van der Waals surface area contributed by atoms with E-state index >= 15 is 0 Å². The molecular weight excluding hydrogens is 392 g/mol. The standard InChI is InChI=1S/C28H36N4/c1-17(2)30-24-23(29)31-22-15-19(26(4,5)6)13-14-20(22)27(7)16-28(27,8)25(31)32(24)21-12-10-9-11-18(21)3/h9-15,17,25,29H,16H2,1-8H3. The molecule has 2 aliphatic heterocycles. The zero-order valence-electron chi connectivity index (χ0n) is 20.7. The SMILES string of the molecule is Cc1ccccc1N1C(=NC(C)C)C(=N)N2c3cc(C(C)(C)C)ccc3C3(C)CC3(C)C12. The molecule has 0 bridgehead atoms. The quantitative estimate of drug-likeness (QED) is 0.600. The topological polar surface area (TPSA) is 42.7 Å². The van der Waals surface area contributed by atoms with Crippen LogP contribution in [0.4, 0.5) is 11.4 Å². The fourth-order valence-electron chi connectivity index (χ4n) is 5.98. The van der Waals surface area contributed by atoms with Crippen molar-refractivity contribution in [2.24, 2.45) is 10.4 Å². The number of aryl methyl sites for hydroxylation is 1. The minimum Gasteiger partial charge on any atom is -0.301 e. The predicted molar refractivity (Wildman–Crippen MR) is 135 cm³/mol. The van der Waals surface area contributed by atoms with E-state index in [-0.39, 0.29) is 28.5 Å². The van der Waals surface area contributed by atoms with Crippen LogP contribution in [0.1, 0.15) is 71.6 Å². The van der Waals surface area contributed by atoms with E-state index in [0.29, 0.717) is 5.84 Å². The van der Waals surface area contributed by atoms with Gasteiger partial charge in [0.05, 0.1) is 0 Å². The number of nitrogens with one attached hydrogen (secondary N) is 1. The molecule has 3 aliphatic rings. The minimum absolute atomic E-state index is 0.0477. The van der Waals surface area contributed by atoms with E-state index in [1.165, 1.54) is 22.4 Å². The van der Waals surface area contributed by atoms with Crippen LogP contribution in [0.15, 0.2) is 47.5 Å². The van der Waals surface area contributed by atoms with Gasteiger partial charge in [0.2, 0.25) is 0 Å². The molecule has 5 rings (SSSR count). The molecule has 32 heavy (non-hydrogen) atoms. The van der Waals surface area contributed by atoms with Gasteiger partial charge < -0.3 is 9.80 Å². The van der Waals surface area contributed by atoms with Crippen molar-refractivity contribution in [1.29, 1.82) is 5.41 Å². The number of fused-ring (bicyclic) bond motifs is 6. The van der Waals surface area contributed by atoms with E-state index in [9.17, 15) is 5.41 Å². The van der Waals surface area contributed by atoms with Crippen molar-refractivity contribution in [3.8, 4) is 0 Å². The maximum Gasteiger partial charge on any atom is 0.173 e. The first-order chi connectivity index (χ1) is 14.9. The molecule has 1 saturated carbocycles. The lowest BCUT2D eigenvalue weighted by Gasteiger charge is -2.44. The second kappa shape index (κ2) is 6.46. The van der Waals surface area contributed by atoms with Gasteiger partial charge >= 0.3 is 0 Å². The Morgan fingerprint density at radius 2 is 1.72 bits per heavy atom. The molecule has 1 N–H and O–H groups in total. The summed E-state index contributed by atoms with van der Waals surface area (Å²) in [4.78, 5) is 9.66.